The van der Waals surface area contributed by atoms with Gasteiger partial charge in [-0.15, -0.1) is 0 Å². The van der Waals surface area contributed by atoms with E-state index in [9.17, 15) is 0 Å². The second-order valence-corrected chi connectivity index (χ2v) is 5.74. The molecular formula is C17H28N2. The Kier molecular flexibility index (Phi) is 6.38. The predicted octanol–water partition coefficient (Wildman–Crippen LogP) is 3.56. The highest BCUT2D eigenvalue weighted by Gasteiger charge is 2.20. The van der Waals surface area contributed by atoms with Gasteiger partial charge in [-0.25, -0.2) is 0 Å². The molecule has 1 aromatic rings. The molecule has 1 heterocycles. The standard InChI is InChI=1S/C17H28N2/c18-13-7-6-12-17-11-5-2-8-14-19(17)15-16-9-3-1-4-10-16/h1,3-4,9-10,17H,2,5-8,11-15,18H2. The third-order valence-corrected chi connectivity index (χ3v) is 4.22. The van der Waals surface area contributed by atoms with Crippen molar-refractivity contribution < 1.29 is 0 Å². The average Bonchev–Trinajstić information content (AvgIpc) is 2.66. The van der Waals surface area contributed by atoms with E-state index in [4.69, 9.17) is 5.73 Å². The molecule has 1 unspecified atom stereocenters. The first-order valence-electron chi connectivity index (χ1n) is 7.88. The van der Waals surface area contributed by atoms with Gasteiger partial charge in [0.25, 0.3) is 0 Å². The number of nitrogens with zero attached hydrogens (tertiary/aromatic N) is 1. The van der Waals surface area contributed by atoms with Crippen LogP contribution in [0.25, 0.3) is 0 Å². The van der Waals surface area contributed by atoms with Crippen LogP contribution in [0.3, 0.4) is 0 Å². The molecule has 0 saturated carbocycles. The maximum absolute atomic E-state index is 5.62. The van der Waals surface area contributed by atoms with Gasteiger partial charge in [-0.05, 0) is 44.3 Å². The number of hydrogen-bond acceptors (Lipinski definition) is 2. The number of rotatable bonds is 6. The van der Waals surface area contributed by atoms with Crippen LogP contribution < -0.4 is 5.73 Å². The first-order chi connectivity index (χ1) is 9.40. The number of benzene rings is 1. The van der Waals surface area contributed by atoms with Crippen molar-refractivity contribution in [3.8, 4) is 0 Å². The molecule has 1 aliphatic heterocycles. The van der Waals surface area contributed by atoms with Gasteiger partial charge in [0.2, 0.25) is 0 Å². The Bertz CT molecular complexity index is 336. The van der Waals surface area contributed by atoms with Gasteiger partial charge >= 0.3 is 0 Å². The minimum absolute atomic E-state index is 0.772. The minimum Gasteiger partial charge on any atom is -0.330 e. The molecule has 1 aliphatic rings. The molecule has 0 aliphatic carbocycles. The molecular weight excluding hydrogens is 232 g/mol. The van der Waals surface area contributed by atoms with E-state index in [1.165, 1.54) is 57.1 Å². The summed E-state index contributed by atoms with van der Waals surface area (Å²) in [4.78, 5) is 2.71. The number of hydrogen-bond donors (Lipinski definition) is 1. The minimum atomic E-state index is 0.772. The Morgan fingerprint density at radius 3 is 2.68 bits per heavy atom. The highest BCUT2D eigenvalue weighted by molar-refractivity contribution is 5.14. The molecule has 1 fully saturated rings. The van der Waals surface area contributed by atoms with Gasteiger partial charge in [0.1, 0.15) is 0 Å². The monoisotopic (exact) mass is 260 g/mol. The molecule has 106 valence electrons. The van der Waals surface area contributed by atoms with Crippen LogP contribution in [0.1, 0.15) is 50.5 Å². The van der Waals surface area contributed by atoms with Gasteiger partial charge in [0.05, 0.1) is 0 Å². The van der Waals surface area contributed by atoms with E-state index in [2.05, 4.69) is 35.2 Å². The molecule has 19 heavy (non-hydrogen) atoms. The largest absolute Gasteiger partial charge is 0.330 e. The zero-order valence-corrected chi connectivity index (χ0v) is 12.1. The van der Waals surface area contributed by atoms with E-state index in [0.717, 1.165) is 19.1 Å². The molecule has 0 amide bonds. The molecule has 0 aromatic heterocycles. The first kappa shape index (κ1) is 14.5. The van der Waals surface area contributed by atoms with E-state index >= 15 is 0 Å². The van der Waals surface area contributed by atoms with Crippen molar-refractivity contribution in [3.05, 3.63) is 35.9 Å². The fourth-order valence-electron chi connectivity index (χ4n) is 3.11. The van der Waals surface area contributed by atoms with Gasteiger partial charge in [-0.2, -0.15) is 0 Å². The predicted molar refractivity (Wildman–Crippen MR) is 82.0 cm³/mol. The SMILES string of the molecule is NCCCCC1CCCCCN1Cc1ccccc1. The fraction of sp³-hybridized carbons (Fsp3) is 0.647. The highest BCUT2D eigenvalue weighted by Crippen LogP contribution is 2.22. The molecule has 2 heteroatoms. The Hall–Kier alpha value is -0.860. The van der Waals surface area contributed by atoms with Gasteiger partial charge < -0.3 is 5.73 Å². The second-order valence-electron chi connectivity index (χ2n) is 5.74. The van der Waals surface area contributed by atoms with Crippen molar-refractivity contribution in [1.82, 2.24) is 4.90 Å². The zero-order valence-electron chi connectivity index (χ0n) is 12.1. The van der Waals surface area contributed by atoms with Crippen molar-refractivity contribution in [1.29, 1.82) is 0 Å². The van der Waals surface area contributed by atoms with Crippen LogP contribution in [0, 0.1) is 0 Å². The average molecular weight is 260 g/mol. The lowest BCUT2D eigenvalue weighted by atomic mass is 10.0. The Labute approximate surface area is 118 Å². The maximum atomic E-state index is 5.62. The highest BCUT2D eigenvalue weighted by atomic mass is 15.2. The lowest BCUT2D eigenvalue weighted by Gasteiger charge is -2.30. The maximum Gasteiger partial charge on any atom is 0.0236 e. The molecule has 2 N–H and O–H groups in total. The quantitative estimate of drug-likeness (QED) is 0.792. The Morgan fingerprint density at radius 2 is 1.89 bits per heavy atom. The third kappa shape index (κ3) is 4.96. The lowest BCUT2D eigenvalue weighted by Crippen LogP contribution is -2.34. The lowest BCUT2D eigenvalue weighted by molar-refractivity contribution is 0.178. The number of unbranched alkanes of at least 4 members (excludes halogenated alkanes) is 1. The van der Waals surface area contributed by atoms with E-state index in [-0.39, 0.29) is 0 Å². The summed E-state index contributed by atoms with van der Waals surface area (Å²) in [5.41, 5.74) is 7.07. The van der Waals surface area contributed by atoms with Crippen molar-refractivity contribution in [2.75, 3.05) is 13.1 Å². The van der Waals surface area contributed by atoms with Crippen molar-refractivity contribution in [2.45, 2.75) is 57.5 Å². The summed E-state index contributed by atoms with van der Waals surface area (Å²) in [5.74, 6) is 0. The van der Waals surface area contributed by atoms with Crippen LogP contribution in [0.2, 0.25) is 0 Å². The third-order valence-electron chi connectivity index (χ3n) is 4.22. The summed E-state index contributed by atoms with van der Waals surface area (Å²) in [7, 11) is 0. The Balaban J connectivity index is 1.92. The normalized spacial score (nSPS) is 21.2. The Morgan fingerprint density at radius 1 is 1.05 bits per heavy atom. The van der Waals surface area contributed by atoms with E-state index in [1.54, 1.807) is 0 Å². The number of nitrogens with two attached hydrogens (primary N) is 1. The van der Waals surface area contributed by atoms with Crippen molar-refractivity contribution in [2.24, 2.45) is 5.73 Å². The molecule has 1 saturated heterocycles. The molecule has 2 nitrogen and oxygen atoms in total. The van der Waals surface area contributed by atoms with Crippen LogP contribution in [-0.2, 0) is 6.54 Å². The number of likely N-dealkylation sites (tertiary alicyclic amines) is 1. The van der Waals surface area contributed by atoms with Crippen LogP contribution in [0.4, 0.5) is 0 Å². The molecule has 0 radical (unpaired) electrons. The molecule has 1 aromatic carbocycles. The molecule has 0 bridgehead atoms. The van der Waals surface area contributed by atoms with Crippen LogP contribution in [-0.4, -0.2) is 24.0 Å². The molecule has 1 atom stereocenters. The summed E-state index contributed by atoms with van der Waals surface area (Å²) in [6.45, 7) is 3.22. The summed E-state index contributed by atoms with van der Waals surface area (Å²) >= 11 is 0. The summed E-state index contributed by atoms with van der Waals surface area (Å²) in [5, 5.41) is 0. The van der Waals surface area contributed by atoms with Gasteiger partial charge in [0, 0.05) is 12.6 Å². The van der Waals surface area contributed by atoms with Crippen LogP contribution >= 0.6 is 0 Å². The van der Waals surface area contributed by atoms with Crippen molar-refractivity contribution in [3.63, 3.8) is 0 Å². The second kappa shape index (κ2) is 8.34. The summed E-state index contributed by atoms with van der Waals surface area (Å²) < 4.78 is 0. The summed E-state index contributed by atoms with van der Waals surface area (Å²) in [6.07, 6.45) is 9.32. The van der Waals surface area contributed by atoms with Crippen molar-refractivity contribution >= 4 is 0 Å². The van der Waals surface area contributed by atoms with Gasteiger partial charge in [-0.1, -0.05) is 49.6 Å². The first-order valence-corrected chi connectivity index (χ1v) is 7.88. The van der Waals surface area contributed by atoms with E-state index < -0.39 is 0 Å². The van der Waals surface area contributed by atoms with Gasteiger partial charge in [-0.3, -0.25) is 4.90 Å². The van der Waals surface area contributed by atoms with Crippen LogP contribution in [0.15, 0.2) is 30.3 Å². The van der Waals surface area contributed by atoms with Crippen LogP contribution in [0.5, 0.6) is 0 Å². The topological polar surface area (TPSA) is 29.3 Å². The van der Waals surface area contributed by atoms with Gasteiger partial charge in [0.15, 0.2) is 0 Å². The fourth-order valence-corrected chi connectivity index (χ4v) is 3.11. The molecule has 0 spiro atoms. The van der Waals surface area contributed by atoms with E-state index in [1.807, 2.05) is 0 Å². The smallest absolute Gasteiger partial charge is 0.0236 e. The zero-order chi connectivity index (χ0) is 13.3. The van der Waals surface area contributed by atoms with E-state index in [0.29, 0.717) is 0 Å². The molecule has 2 rings (SSSR count). The summed E-state index contributed by atoms with van der Waals surface area (Å²) in [6, 6.07) is 11.7.